The normalized spacial score (nSPS) is 10.3. The van der Waals surface area contributed by atoms with Gasteiger partial charge in [-0.2, -0.15) is 4.98 Å². The number of aromatic nitrogens is 3. The number of anilines is 1. The molecular weight excluding hydrogens is 192 g/mol. The Balaban J connectivity index is 1.96. The molecule has 0 radical (unpaired) electrons. The van der Waals surface area contributed by atoms with E-state index in [1.165, 1.54) is 0 Å². The van der Waals surface area contributed by atoms with Crippen molar-refractivity contribution in [3.63, 3.8) is 0 Å². The summed E-state index contributed by atoms with van der Waals surface area (Å²) in [5.74, 6) is 2.02. The molecule has 2 rings (SSSR count). The molecule has 0 fully saturated rings. The van der Waals surface area contributed by atoms with Crippen LogP contribution in [0.5, 0.6) is 0 Å². The Hall–Kier alpha value is -1.91. The Morgan fingerprint density at radius 3 is 2.80 bits per heavy atom. The van der Waals surface area contributed by atoms with Gasteiger partial charge in [0.25, 0.3) is 0 Å². The topological polar surface area (TPSA) is 63.8 Å². The zero-order chi connectivity index (χ0) is 10.7. The van der Waals surface area contributed by atoms with Crippen LogP contribution < -0.4 is 5.32 Å². The van der Waals surface area contributed by atoms with E-state index in [4.69, 9.17) is 4.52 Å². The van der Waals surface area contributed by atoms with E-state index in [2.05, 4.69) is 20.4 Å². The van der Waals surface area contributed by atoms with Crippen molar-refractivity contribution in [2.75, 3.05) is 5.32 Å². The van der Waals surface area contributed by atoms with Gasteiger partial charge in [0.1, 0.15) is 5.82 Å². The van der Waals surface area contributed by atoms with Gasteiger partial charge >= 0.3 is 0 Å². The average Bonchev–Trinajstić information content (AvgIpc) is 2.64. The van der Waals surface area contributed by atoms with Crippen LogP contribution in [0.15, 0.2) is 22.9 Å². The number of rotatable bonds is 3. The van der Waals surface area contributed by atoms with Gasteiger partial charge in [0.15, 0.2) is 5.82 Å². The van der Waals surface area contributed by atoms with E-state index in [1.54, 1.807) is 6.92 Å². The third-order valence-corrected chi connectivity index (χ3v) is 1.91. The first-order chi connectivity index (χ1) is 7.24. The van der Waals surface area contributed by atoms with Crippen LogP contribution in [0.3, 0.4) is 0 Å². The van der Waals surface area contributed by atoms with E-state index in [-0.39, 0.29) is 0 Å². The van der Waals surface area contributed by atoms with Crippen molar-refractivity contribution in [2.45, 2.75) is 20.4 Å². The van der Waals surface area contributed by atoms with Gasteiger partial charge < -0.3 is 9.84 Å². The van der Waals surface area contributed by atoms with Crippen LogP contribution >= 0.6 is 0 Å². The molecule has 0 amide bonds. The number of hydrogen-bond acceptors (Lipinski definition) is 5. The standard InChI is InChI=1S/C10H12N4O/c1-7-3-4-9(11-5-7)12-6-10-13-8(2)15-14-10/h3-5H,6H2,1-2H3,(H,11,12). The van der Waals surface area contributed by atoms with Gasteiger partial charge in [-0.05, 0) is 18.6 Å². The van der Waals surface area contributed by atoms with E-state index in [9.17, 15) is 0 Å². The number of nitrogens with one attached hydrogen (secondary N) is 1. The summed E-state index contributed by atoms with van der Waals surface area (Å²) in [7, 11) is 0. The van der Waals surface area contributed by atoms with E-state index in [0.717, 1.165) is 11.4 Å². The largest absolute Gasteiger partial charge is 0.363 e. The van der Waals surface area contributed by atoms with Crippen molar-refractivity contribution in [3.8, 4) is 0 Å². The predicted molar refractivity (Wildman–Crippen MR) is 55.3 cm³/mol. The van der Waals surface area contributed by atoms with Gasteiger partial charge in [-0.3, -0.25) is 0 Å². The Morgan fingerprint density at radius 1 is 1.33 bits per heavy atom. The minimum atomic E-state index is 0.521. The molecule has 2 aromatic heterocycles. The molecular formula is C10H12N4O. The minimum Gasteiger partial charge on any atom is -0.363 e. The van der Waals surface area contributed by atoms with Gasteiger partial charge in [0.2, 0.25) is 5.89 Å². The molecule has 0 spiro atoms. The lowest BCUT2D eigenvalue weighted by Gasteiger charge is -2.01. The van der Waals surface area contributed by atoms with Crippen molar-refractivity contribution in [1.29, 1.82) is 0 Å². The second-order valence-electron chi connectivity index (χ2n) is 3.30. The summed E-state index contributed by atoms with van der Waals surface area (Å²) in [6.07, 6.45) is 1.81. The van der Waals surface area contributed by atoms with Crippen molar-refractivity contribution >= 4 is 5.82 Å². The molecule has 0 aliphatic carbocycles. The first-order valence-corrected chi connectivity index (χ1v) is 4.70. The summed E-state index contributed by atoms with van der Waals surface area (Å²) in [5.41, 5.74) is 1.14. The lowest BCUT2D eigenvalue weighted by Crippen LogP contribution is -2.02. The Kier molecular flexibility index (Phi) is 2.62. The van der Waals surface area contributed by atoms with Crippen LogP contribution in [0.2, 0.25) is 0 Å². The van der Waals surface area contributed by atoms with Gasteiger partial charge in [0.05, 0.1) is 6.54 Å². The smallest absolute Gasteiger partial charge is 0.223 e. The number of pyridine rings is 1. The first-order valence-electron chi connectivity index (χ1n) is 4.70. The summed E-state index contributed by atoms with van der Waals surface area (Å²) in [6.45, 7) is 4.29. The fourth-order valence-electron chi connectivity index (χ4n) is 1.16. The van der Waals surface area contributed by atoms with Crippen LogP contribution in [-0.4, -0.2) is 15.1 Å². The van der Waals surface area contributed by atoms with Crippen LogP contribution in [0.4, 0.5) is 5.82 Å². The molecule has 5 heteroatoms. The highest BCUT2D eigenvalue weighted by molar-refractivity contribution is 5.35. The van der Waals surface area contributed by atoms with Gasteiger partial charge in [-0.25, -0.2) is 4.98 Å². The summed E-state index contributed by atoms with van der Waals surface area (Å²) in [5, 5.41) is 6.88. The maximum atomic E-state index is 4.85. The number of nitrogens with zero attached hydrogens (tertiary/aromatic N) is 3. The maximum absolute atomic E-state index is 4.85. The van der Waals surface area contributed by atoms with Crippen LogP contribution in [0.1, 0.15) is 17.3 Å². The van der Waals surface area contributed by atoms with E-state index >= 15 is 0 Å². The number of hydrogen-bond donors (Lipinski definition) is 1. The molecule has 0 aromatic carbocycles. The molecule has 5 nitrogen and oxygen atoms in total. The molecule has 15 heavy (non-hydrogen) atoms. The molecule has 0 saturated heterocycles. The summed E-state index contributed by atoms with van der Waals surface area (Å²) in [4.78, 5) is 8.28. The fourth-order valence-corrected chi connectivity index (χ4v) is 1.16. The highest BCUT2D eigenvalue weighted by Gasteiger charge is 2.01. The van der Waals surface area contributed by atoms with E-state index in [1.807, 2.05) is 25.3 Å². The SMILES string of the molecule is Cc1ccc(NCc2noc(C)n2)nc1. The van der Waals surface area contributed by atoms with Crippen LogP contribution in [-0.2, 0) is 6.54 Å². The molecule has 0 unspecified atom stereocenters. The fraction of sp³-hybridized carbons (Fsp3) is 0.300. The van der Waals surface area contributed by atoms with Crippen molar-refractivity contribution in [1.82, 2.24) is 15.1 Å². The predicted octanol–water partition coefficient (Wildman–Crippen LogP) is 1.69. The van der Waals surface area contributed by atoms with Crippen molar-refractivity contribution in [2.24, 2.45) is 0 Å². The first kappa shape index (κ1) is 9.64. The molecule has 2 heterocycles. The second kappa shape index (κ2) is 4.08. The molecule has 78 valence electrons. The zero-order valence-corrected chi connectivity index (χ0v) is 8.69. The van der Waals surface area contributed by atoms with Gasteiger partial charge in [0, 0.05) is 13.1 Å². The third kappa shape index (κ3) is 2.52. The molecule has 0 saturated carbocycles. The lowest BCUT2D eigenvalue weighted by atomic mass is 10.3. The lowest BCUT2D eigenvalue weighted by molar-refractivity contribution is 0.388. The number of aryl methyl sites for hydroxylation is 2. The molecule has 0 aliphatic heterocycles. The Morgan fingerprint density at radius 2 is 2.20 bits per heavy atom. The van der Waals surface area contributed by atoms with Crippen molar-refractivity contribution < 1.29 is 4.52 Å². The summed E-state index contributed by atoms with van der Waals surface area (Å²) >= 11 is 0. The van der Waals surface area contributed by atoms with E-state index < -0.39 is 0 Å². The maximum Gasteiger partial charge on any atom is 0.223 e. The summed E-state index contributed by atoms with van der Waals surface area (Å²) in [6, 6.07) is 3.92. The highest BCUT2D eigenvalue weighted by Crippen LogP contribution is 2.05. The molecule has 0 aliphatic rings. The Labute approximate surface area is 87.5 Å². The van der Waals surface area contributed by atoms with Gasteiger partial charge in [-0.15, -0.1) is 0 Å². The molecule has 0 bridgehead atoms. The Bertz CT molecular complexity index is 435. The van der Waals surface area contributed by atoms with Crippen molar-refractivity contribution in [3.05, 3.63) is 35.6 Å². The van der Waals surface area contributed by atoms with E-state index in [0.29, 0.717) is 18.3 Å². The monoisotopic (exact) mass is 204 g/mol. The third-order valence-electron chi connectivity index (χ3n) is 1.91. The van der Waals surface area contributed by atoms with Crippen LogP contribution in [0, 0.1) is 13.8 Å². The second-order valence-corrected chi connectivity index (χ2v) is 3.30. The molecule has 2 aromatic rings. The average molecular weight is 204 g/mol. The quantitative estimate of drug-likeness (QED) is 0.824. The highest BCUT2D eigenvalue weighted by atomic mass is 16.5. The zero-order valence-electron chi connectivity index (χ0n) is 8.69. The minimum absolute atomic E-state index is 0.521. The van der Waals surface area contributed by atoms with Gasteiger partial charge in [-0.1, -0.05) is 11.2 Å². The molecule has 0 atom stereocenters. The van der Waals surface area contributed by atoms with Crippen LogP contribution in [0.25, 0.3) is 0 Å². The molecule has 1 N–H and O–H groups in total. The summed E-state index contributed by atoms with van der Waals surface area (Å²) < 4.78 is 4.85.